The Morgan fingerprint density at radius 2 is 1.49 bits per heavy atom. The first-order chi connectivity index (χ1) is 31.3. The van der Waals surface area contributed by atoms with E-state index in [1.165, 1.54) is 17.5 Å². The Morgan fingerprint density at radius 3 is 2.15 bits per heavy atom. The van der Waals surface area contributed by atoms with E-state index in [4.69, 9.17) is 18.9 Å². The summed E-state index contributed by atoms with van der Waals surface area (Å²) in [7, 11) is 3.23. The summed E-state index contributed by atoms with van der Waals surface area (Å²) < 4.78 is 21.0. The van der Waals surface area contributed by atoms with E-state index in [0.717, 1.165) is 62.3 Å². The number of benzene rings is 5. The van der Waals surface area contributed by atoms with Gasteiger partial charge in [0, 0.05) is 50.6 Å². The third-order valence-corrected chi connectivity index (χ3v) is 14.4. The number of amides is 3. The van der Waals surface area contributed by atoms with Crippen molar-refractivity contribution >= 4 is 59.5 Å². The number of aryl methyl sites for hydroxylation is 1. The van der Waals surface area contributed by atoms with Crippen LogP contribution >= 0.6 is 0 Å². The maximum atomic E-state index is 14.2. The predicted octanol–water partition coefficient (Wildman–Crippen LogP) is 7.41. The molecule has 1 aliphatic heterocycles. The van der Waals surface area contributed by atoms with Gasteiger partial charge in [0.1, 0.15) is 29.6 Å². The standard InChI is InChI=1S/C52H62N6O6Si/c1-37-25-28-43(46(34-37)63-33-16-10-15-24-47(59)57-31-29-55(5)30-32-57)56(6)50(61)38-26-27-42(45(35-38)62-7)53-49(60)41-22-17-23-44-48(41)54-51(52(2,3)4)58(44)36-64-65(39-18-11-8-12-19-39)40-20-13-9-14-21-40/h8-9,11-14,17-23,25-28,34-35,65H,10,15-16,24,29-33,36H2,1-7H3,(H,53,60). The normalized spacial score (nSPS) is 13.3. The number of para-hydroxylation sites is 1. The average molecular weight is 895 g/mol. The van der Waals surface area contributed by atoms with E-state index in [2.05, 4.69) is 66.9 Å². The summed E-state index contributed by atoms with van der Waals surface area (Å²) in [6.45, 7) is 12.5. The monoisotopic (exact) mass is 894 g/mol. The molecule has 1 fully saturated rings. The van der Waals surface area contributed by atoms with Crippen LogP contribution in [-0.4, -0.2) is 100 Å². The Hall–Kier alpha value is -6.28. The minimum atomic E-state index is -2.08. The van der Waals surface area contributed by atoms with Gasteiger partial charge in [-0.05, 0) is 91.6 Å². The van der Waals surface area contributed by atoms with Crippen molar-refractivity contribution in [2.75, 3.05) is 64.2 Å². The molecule has 0 atom stereocenters. The van der Waals surface area contributed by atoms with Crippen molar-refractivity contribution in [2.45, 2.75) is 65.5 Å². The SMILES string of the molecule is COc1cc(C(=O)N(C)c2ccc(C)cc2OCCCCCC(=O)N2CCN(C)CC2)ccc1NC(=O)c1cccc2c1nc(C(C)(C)C)n2CO[SiH](c1ccccc1)c1ccccc1. The van der Waals surface area contributed by atoms with Gasteiger partial charge in [0.15, 0.2) is 0 Å². The average Bonchev–Trinajstić information content (AvgIpc) is 3.70. The molecule has 340 valence electrons. The fourth-order valence-electron chi connectivity index (χ4n) is 8.21. The summed E-state index contributed by atoms with van der Waals surface area (Å²) in [6, 6.07) is 37.1. The van der Waals surface area contributed by atoms with Crippen LogP contribution in [0.1, 0.15) is 78.6 Å². The quantitative estimate of drug-likeness (QED) is 0.0744. The smallest absolute Gasteiger partial charge is 0.258 e. The minimum Gasteiger partial charge on any atom is -0.495 e. The lowest BCUT2D eigenvalue weighted by Gasteiger charge is -2.32. The van der Waals surface area contributed by atoms with E-state index in [1.807, 2.05) is 78.6 Å². The number of piperazine rings is 1. The van der Waals surface area contributed by atoms with Gasteiger partial charge in [0.25, 0.3) is 11.8 Å². The predicted molar refractivity (Wildman–Crippen MR) is 262 cm³/mol. The highest BCUT2D eigenvalue weighted by Gasteiger charge is 2.28. The maximum absolute atomic E-state index is 14.2. The molecule has 12 nitrogen and oxygen atoms in total. The summed E-state index contributed by atoms with van der Waals surface area (Å²) in [5, 5.41) is 5.38. The molecular formula is C52H62N6O6Si. The number of likely N-dealkylation sites (N-methyl/N-ethyl adjacent to an activating group) is 1. The zero-order valence-corrected chi connectivity index (χ0v) is 40.0. The molecule has 0 radical (unpaired) electrons. The number of imidazole rings is 1. The first-order valence-corrected chi connectivity index (χ1v) is 24.1. The summed E-state index contributed by atoms with van der Waals surface area (Å²) in [4.78, 5) is 51.7. The molecule has 2 heterocycles. The van der Waals surface area contributed by atoms with Gasteiger partial charge >= 0.3 is 0 Å². The number of anilines is 2. The van der Waals surface area contributed by atoms with E-state index in [9.17, 15) is 14.4 Å². The molecule has 1 aliphatic rings. The number of carbonyl (C=O) groups is 3. The number of fused-ring (bicyclic) bond motifs is 1. The molecule has 0 bridgehead atoms. The maximum Gasteiger partial charge on any atom is 0.258 e. The first kappa shape index (κ1) is 46.7. The first-order valence-electron chi connectivity index (χ1n) is 22.5. The van der Waals surface area contributed by atoms with Gasteiger partial charge in [-0.15, -0.1) is 0 Å². The molecule has 1 aromatic heterocycles. The number of carbonyl (C=O) groups excluding carboxylic acids is 3. The van der Waals surface area contributed by atoms with Crippen molar-refractivity contribution in [1.82, 2.24) is 19.4 Å². The van der Waals surface area contributed by atoms with Crippen molar-refractivity contribution in [3.63, 3.8) is 0 Å². The second-order valence-corrected chi connectivity index (χ2v) is 20.3. The fraction of sp³-hybridized carbons (Fsp3) is 0.346. The fourth-order valence-corrected chi connectivity index (χ4v) is 10.4. The van der Waals surface area contributed by atoms with Gasteiger partial charge in [0.2, 0.25) is 14.9 Å². The van der Waals surface area contributed by atoms with Crippen LogP contribution in [0.3, 0.4) is 0 Å². The van der Waals surface area contributed by atoms with Crippen LogP contribution in [0.5, 0.6) is 11.5 Å². The van der Waals surface area contributed by atoms with Gasteiger partial charge in [-0.25, -0.2) is 4.98 Å². The van der Waals surface area contributed by atoms with E-state index in [-0.39, 0.29) is 29.9 Å². The Bertz CT molecular complexity index is 2550. The summed E-state index contributed by atoms with van der Waals surface area (Å²) in [6.07, 6.45) is 3.02. The van der Waals surface area contributed by atoms with E-state index >= 15 is 0 Å². The second kappa shape index (κ2) is 21.1. The molecule has 3 amide bonds. The number of methoxy groups -OCH3 is 1. The van der Waals surface area contributed by atoms with Crippen LogP contribution in [0.2, 0.25) is 0 Å². The highest BCUT2D eigenvalue weighted by Crippen LogP contribution is 2.33. The number of hydrogen-bond donors (Lipinski definition) is 1. The molecular weight excluding hydrogens is 833 g/mol. The van der Waals surface area contributed by atoms with Gasteiger partial charge in [0.05, 0.1) is 36.2 Å². The number of aromatic nitrogens is 2. The van der Waals surface area contributed by atoms with E-state index < -0.39 is 9.04 Å². The van der Waals surface area contributed by atoms with Crippen LogP contribution in [0, 0.1) is 6.92 Å². The lowest BCUT2D eigenvalue weighted by Crippen LogP contribution is -2.47. The Balaban J connectivity index is 1.03. The summed E-state index contributed by atoms with van der Waals surface area (Å²) in [5.41, 5.74) is 3.84. The number of ether oxygens (including phenoxy) is 2. The molecule has 0 unspecified atom stereocenters. The summed E-state index contributed by atoms with van der Waals surface area (Å²) >= 11 is 0. The van der Waals surface area contributed by atoms with Crippen molar-refractivity contribution in [3.8, 4) is 11.5 Å². The highest BCUT2D eigenvalue weighted by atomic mass is 28.3. The Labute approximate surface area is 384 Å². The molecule has 5 aromatic carbocycles. The number of nitrogens with one attached hydrogen (secondary N) is 1. The molecule has 65 heavy (non-hydrogen) atoms. The molecule has 1 N–H and O–H groups in total. The number of nitrogens with zero attached hydrogens (tertiary/aromatic N) is 5. The zero-order chi connectivity index (χ0) is 46.1. The van der Waals surface area contributed by atoms with Crippen LogP contribution in [0.4, 0.5) is 11.4 Å². The number of unbranched alkanes of at least 4 members (excludes halogenated alkanes) is 2. The number of rotatable bonds is 17. The lowest BCUT2D eigenvalue weighted by atomic mass is 9.96. The molecule has 7 rings (SSSR count). The molecule has 13 heteroatoms. The van der Waals surface area contributed by atoms with Crippen molar-refractivity contribution < 1.29 is 28.3 Å². The topological polar surface area (TPSA) is 118 Å². The van der Waals surface area contributed by atoms with Crippen molar-refractivity contribution in [3.05, 3.63) is 138 Å². The largest absolute Gasteiger partial charge is 0.495 e. The van der Waals surface area contributed by atoms with Gasteiger partial charge in [-0.2, -0.15) is 0 Å². The van der Waals surface area contributed by atoms with Crippen LogP contribution in [-0.2, 0) is 21.4 Å². The Kier molecular flexibility index (Phi) is 15.2. The van der Waals surface area contributed by atoms with Crippen molar-refractivity contribution in [1.29, 1.82) is 0 Å². The van der Waals surface area contributed by atoms with Crippen LogP contribution in [0.15, 0.2) is 115 Å². The number of hydrogen-bond acceptors (Lipinski definition) is 8. The summed E-state index contributed by atoms with van der Waals surface area (Å²) in [5.74, 6) is 1.34. The third-order valence-electron chi connectivity index (χ3n) is 11.9. The molecule has 1 saturated heterocycles. The molecule has 6 aromatic rings. The van der Waals surface area contributed by atoms with Gasteiger partial charge < -0.3 is 38.5 Å². The molecule has 0 aliphatic carbocycles. The third kappa shape index (κ3) is 11.3. The lowest BCUT2D eigenvalue weighted by molar-refractivity contribution is -0.132. The molecule has 0 saturated carbocycles. The Morgan fingerprint density at radius 1 is 0.800 bits per heavy atom. The van der Waals surface area contributed by atoms with E-state index in [0.29, 0.717) is 52.5 Å². The van der Waals surface area contributed by atoms with Crippen LogP contribution < -0.4 is 30.1 Å². The van der Waals surface area contributed by atoms with Crippen molar-refractivity contribution in [2.24, 2.45) is 0 Å². The minimum absolute atomic E-state index is 0.225. The van der Waals surface area contributed by atoms with Crippen LogP contribution in [0.25, 0.3) is 11.0 Å². The second-order valence-electron chi connectivity index (χ2n) is 17.8. The van der Waals surface area contributed by atoms with Gasteiger partial charge in [-0.3, -0.25) is 14.4 Å². The highest BCUT2D eigenvalue weighted by molar-refractivity contribution is 6.80. The van der Waals surface area contributed by atoms with E-state index in [1.54, 1.807) is 36.2 Å². The van der Waals surface area contributed by atoms with Gasteiger partial charge in [-0.1, -0.05) is 93.6 Å². The zero-order valence-electron chi connectivity index (χ0n) is 38.8. The molecule has 0 spiro atoms.